The van der Waals surface area contributed by atoms with Gasteiger partial charge in [0.1, 0.15) is 11.9 Å². The molecule has 0 aromatic heterocycles. The minimum Gasteiger partial charge on any atom is -0.398 e. The molecule has 0 heterocycles. The lowest BCUT2D eigenvalue weighted by Gasteiger charge is -2.12. The molecule has 0 spiro atoms. The van der Waals surface area contributed by atoms with Gasteiger partial charge < -0.3 is 11.1 Å². The zero-order valence-corrected chi connectivity index (χ0v) is 10.5. The Morgan fingerprint density at radius 3 is 2.29 bits per heavy atom. The summed E-state index contributed by atoms with van der Waals surface area (Å²) in [5.74, 6) is -1.34. The molecule has 7 heteroatoms. The van der Waals surface area contributed by atoms with Gasteiger partial charge in [-0.15, -0.1) is 0 Å². The van der Waals surface area contributed by atoms with Crippen molar-refractivity contribution in [1.82, 2.24) is 0 Å². The number of alkyl halides is 3. The summed E-state index contributed by atoms with van der Waals surface area (Å²) in [5.41, 5.74) is 5.07. The lowest BCUT2D eigenvalue weighted by molar-refractivity contribution is -0.139. The van der Waals surface area contributed by atoms with E-state index >= 15 is 0 Å². The van der Waals surface area contributed by atoms with Gasteiger partial charge in [-0.25, -0.2) is 4.39 Å². The van der Waals surface area contributed by atoms with Crippen LogP contribution >= 0.6 is 0 Å². The van der Waals surface area contributed by atoms with Crippen LogP contribution in [0.1, 0.15) is 11.1 Å². The monoisotopic (exact) mass is 295 g/mol. The number of nitrogens with two attached hydrogens (primary N) is 1. The predicted molar refractivity (Wildman–Crippen MR) is 70.3 cm³/mol. The van der Waals surface area contributed by atoms with E-state index in [9.17, 15) is 17.6 Å². The van der Waals surface area contributed by atoms with Gasteiger partial charge in [-0.2, -0.15) is 18.4 Å². The highest BCUT2D eigenvalue weighted by atomic mass is 19.4. The largest absolute Gasteiger partial charge is 0.419 e. The Bertz CT molecular complexity index is 717. The number of benzene rings is 2. The van der Waals surface area contributed by atoms with E-state index in [-0.39, 0.29) is 16.9 Å². The number of nitrogen functional groups attached to an aromatic ring is 1. The van der Waals surface area contributed by atoms with Crippen molar-refractivity contribution in [2.75, 3.05) is 11.1 Å². The van der Waals surface area contributed by atoms with Crippen molar-refractivity contribution in [3.05, 3.63) is 53.3 Å². The van der Waals surface area contributed by atoms with E-state index in [0.717, 1.165) is 6.07 Å². The van der Waals surface area contributed by atoms with E-state index < -0.39 is 17.6 Å². The second-order valence-electron chi connectivity index (χ2n) is 4.23. The Balaban J connectivity index is 2.35. The molecule has 0 atom stereocenters. The van der Waals surface area contributed by atoms with Crippen LogP contribution < -0.4 is 11.1 Å². The second-order valence-corrected chi connectivity index (χ2v) is 4.23. The molecule has 0 aliphatic heterocycles. The van der Waals surface area contributed by atoms with E-state index in [1.807, 2.05) is 6.07 Å². The van der Waals surface area contributed by atoms with E-state index in [0.29, 0.717) is 11.8 Å². The minimum atomic E-state index is -4.78. The normalized spacial score (nSPS) is 11.0. The van der Waals surface area contributed by atoms with Gasteiger partial charge in [-0.1, -0.05) is 0 Å². The molecule has 0 saturated heterocycles. The van der Waals surface area contributed by atoms with Gasteiger partial charge in [0.15, 0.2) is 0 Å². The number of anilines is 3. The Hall–Kier alpha value is -2.75. The summed E-state index contributed by atoms with van der Waals surface area (Å²) in [7, 11) is 0. The summed E-state index contributed by atoms with van der Waals surface area (Å²) in [6, 6.07) is 8.78. The molecular formula is C14H9F4N3. The molecule has 3 N–H and O–H groups in total. The summed E-state index contributed by atoms with van der Waals surface area (Å²) in [6.07, 6.45) is -4.78. The van der Waals surface area contributed by atoms with Crippen LogP contribution in [0.2, 0.25) is 0 Å². The van der Waals surface area contributed by atoms with Crippen LogP contribution in [0.25, 0.3) is 0 Å². The van der Waals surface area contributed by atoms with Crippen molar-refractivity contribution >= 4 is 17.1 Å². The molecule has 0 unspecified atom stereocenters. The predicted octanol–water partition coefficient (Wildman–Crippen LogP) is 4.04. The maximum absolute atomic E-state index is 13.2. The highest BCUT2D eigenvalue weighted by Crippen LogP contribution is 2.33. The summed E-state index contributed by atoms with van der Waals surface area (Å²) in [6.45, 7) is 0. The SMILES string of the molecule is N#Cc1cc(Nc2ccc(F)c(C(F)(F)F)c2)ccc1N. The molecule has 2 aromatic rings. The fraction of sp³-hybridized carbons (Fsp3) is 0.0714. The molecule has 0 fully saturated rings. The lowest BCUT2D eigenvalue weighted by atomic mass is 10.1. The first-order valence-corrected chi connectivity index (χ1v) is 5.74. The van der Waals surface area contributed by atoms with Gasteiger partial charge >= 0.3 is 6.18 Å². The van der Waals surface area contributed by atoms with Crippen LogP contribution in [-0.2, 0) is 6.18 Å². The Morgan fingerprint density at radius 1 is 1.05 bits per heavy atom. The van der Waals surface area contributed by atoms with Crippen molar-refractivity contribution in [3.63, 3.8) is 0 Å². The quantitative estimate of drug-likeness (QED) is 0.649. The van der Waals surface area contributed by atoms with Gasteiger partial charge in [0.05, 0.1) is 11.1 Å². The number of rotatable bonds is 2. The average Bonchev–Trinajstić information content (AvgIpc) is 2.42. The third kappa shape index (κ3) is 3.23. The first kappa shape index (κ1) is 14.7. The maximum Gasteiger partial charge on any atom is 0.419 e. The zero-order valence-electron chi connectivity index (χ0n) is 10.5. The molecule has 0 aliphatic rings. The summed E-state index contributed by atoms with van der Waals surface area (Å²) < 4.78 is 51.0. The number of halogens is 4. The molecule has 2 aromatic carbocycles. The van der Waals surface area contributed by atoms with Crippen molar-refractivity contribution in [3.8, 4) is 6.07 Å². The summed E-state index contributed by atoms with van der Waals surface area (Å²) in [5, 5.41) is 11.5. The Labute approximate surface area is 117 Å². The molecule has 3 nitrogen and oxygen atoms in total. The molecule has 0 aliphatic carbocycles. The third-order valence-electron chi connectivity index (χ3n) is 2.73. The average molecular weight is 295 g/mol. The smallest absolute Gasteiger partial charge is 0.398 e. The van der Waals surface area contributed by atoms with Crippen LogP contribution in [0.5, 0.6) is 0 Å². The van der Waals surface area contributed by atoms with Gasteiger partial charge in [-0.3, -0.25) is 0 Å². The molecule has 0 radical (unpaired) electrons. The van der Waals surface area contributed by atoms with Gasteiger partial charge in [-0.05, 0) is 36.4 Å². The third-order valence-corrected chi connectivity index (χ3v) is 2.73. The zero-order chi connectivity index (χ0) is 15.6. The number of nitrogens with zero attached hydrogens (tertiary/aromatic N) is 1. The van der Waals surface area contributed by atoms with Crippen LogP contribution in [0.15, 0.2) is 36.4 Å². The van der Waals surface area contributed by atoms with E-state index in [1.165, 1.54) is 24.3 Å². The molecule has 2 rings (SSSR count). The fourth-order valence-corrected chi connectivity index (χ4v) is 1.72. The van der Waals surface area contributed by atoms with Crippen LogP contribution in [0.4, 0.5) is 34.6 Å². The molecule has 108 valence electrons. The maximum atomic E-state index is 13.2. The Kier molecular flexibility index (Phi) is 3.72. The Morgan fingerprint density at radius 2 is 1.67 bits per heavy atom. The van der Waals surface area contributed by atoms with Crippen LogP contribution in [0.3, 0.4) is 0 Å². The lowest BCUT2D eigenvalue weighted by Crippen LogP contribution is -2.08. The summed E-state index contributed by atoms with van der Waals surface area (Å²) >= 11 is 0. The number of hydrogen-bond donors (Lipinski definition) is 2. The number of nitriles is 1. The molecular weight excluding hydrogens is 286 g/mol. The van der Waals surface area contributed by atoms with Crippen molar-refractivity contribution < 1.29 is 17.6 Å². The first-order chi connectivity index (χ1) is 9.81. The summed E-state index contributed by atoms with van der Waals surface area (Å²) in [4.78, 5) is 0. The van der Waals surface area contributed by atoms with Crippen molar-refractivity contribution in [2.24, 2.45) is 0 Å². The van der Waals surface area contributed by atoms with E-state index in [1.54, 1.807) is 0 Å². The van der Waals surface area contributed by atoms with Crippen LogP contribution in [-0.4, -0.2) is 0 Å². The van der Waals surface area contributed by atoms with Gasteiger partial charge in [0.2, 0.25) is 0 Å². The van der Waals surface area contributed by atoms with Gasteiger partial charge in [0, 0.05) is 17.1 Å². The number of hydrogen-bond acceptors (Lipinski definition) is 3. The standard InChI is InChI=1S/C14H9F4N3/c15-12-3-1-10(6-11(12)14(16,17)18)21-9-2-4-13(20)8(5-9)7-19/h1-6,21H,20H2. The second kappa shape index (κ2) is 5.32. The molecule has 0 saturated carbocycles. The highest BCUT2D eigenvalue weighted by Gasteiger charge is 2.34. The van der Waals surface area contributed by atoms with E-state index in [4.69, 9.17) is 11.0 Å². The van der Waals surface area contributed by atoms with Crippen molar-refractivity contribution in [1.29, 1.82) is 5.26 Å². The van der Waals surface area contributed by atoms with Gasteiger partial charge in [0.25, 0.3) is 0 Å². The molecule has 0 bridgehead atoms. The van der Waals surface area contributed by atoms with Crippen LogP contribution in [0, 0.1) is 17.1 Å². The minimum absolute atomic E-state index is 0.0531. The molecule has 0 amide bonds. The van der Waals surface area contributed by atoms with Crippen molar-refractivity contribution in [2.45, 2.75) is 6.18 Å². The number of nitrogens with one attached hydrogen (secondary N) is 1. The van der Waals surface area contributed by atoms with E-state index in [2.05, 4.69) is 5.32 Å². The first-order valence-electron chi connectivity index (χ1n) is 5.74. The molecule has 21 heavy (non-hydrogen) atoms. The fourth-order valence-electron chi connectivity index (χ4n) is 1.72. The topological polar surface area (TPSA) is 61.8 Å². The highest BCUT2D eigenvalue weighted by molar-refractivity contribution is 5.67.